The maximum absolute atomic E-state index is 11.9. The SMILES string of the molecule is NC(=O)Cc1ccc(NC(=O)CSC(F)(F)F)cc1. The number of hydrogen-bond acceptors (Lipinski definition) is 3. The van der Waals surface area contributed by atoms with Gasteiger partial charge in [-0.3, -0.25) is 9.59 Å². The molecule has 4 nitrogen and oxygen atoms in total. The Labute approximate surface area is 111 Å². The first-order valence-electron chi connectivity index (χ1n) is 5.14. The number of nitrogens with one attached hydrogen (secondary N) is 1. The fraction of sp³-hybridized carbons (Fsp3) is 0.273. The van der Waals surface area contributed by atoms with Gasteiger partial charge in [0, 0.05) is 5.69 Å². The fourth-order valence-corrected chi connectivity index (χ4v) is 1.62. The number of rotatable bonds is 5. The predicted molar refractivity (Wildman–Crippen MR) is 66.5 cm³/mol. The molecule has 0 fully saturated rings. The minimum Gasteiger partial charge on any atom is -0.369 e. The van der Waals surface area contributed by atoms with Gasteiger partial charge in [-0.1, -0.05) is 12.1 Å². The molecule has 104 valence electrons. The van der Waals surface area contributed by atoms with Crippen LogP contribution in [0.4, 0.5) is 18.9 Å². The molecule has 0 unspecified atom stereocenters. The minimum absolute atomic E-state index is 0.0676. The van der Waals surface area contributed by atoms with Crippen molar-refractivity contribution in [3.8, 4) is 0 Å². The van der Waals surface area contributed by atoms with E-state index in [4.69, 9.17) is 5.73 Å². The fourth-order valence-electron chi connectivity index (χ4n) is 1.25. The highest BCUT2D eigenvalue weighted by Gasteiger charge is 2.29. The Kier molecular flexibility index (Phi) is 5.22. The summed E-state index contributed by atoms with van der Waals surface area (Å²) in [4.78, 5) is 21.9. The van der Waals surface area contributed by atoms with Gasteiger partial charge < -0.3 is 11.1 Å². The van der Waals surface area contributed by atoms with Crippen molar-refractivity contribution in [3.63, 3.8) is 0 Å². The van der Waals surface area contributed by atoms with E-state index in [2.05, 4.69) is 5.32 Å². The Bertz CT molecular complexity index is 460. The van der Waals surface area contributed by atoms with Gasteiger partial charge in [-0.2, -0.15) is 13.2 Å². The summed E-state index contributed by atoms with van der Waals surface area (Å²) in [6.45, 7) is 0. The lowest BCUT2D eigenvalue weighted by atomic mass is 10.1. The molecule has 0 aliphatic rings. The molecule has 0 aliphatic heterocycles. The second kappa shape index (κ2) is 6.46. The van der Waals surface area contributed by atoms with Crippen molar-refractivity contribution >= 4 is 29.3 Å². The highest BCUT2D eigenvalue weighted by molar-refractivity contribution is 8.00. The van der Waals surface area contributed by atoms with Crippen LogP contribution in [0.2, 0.25) is 0 Å². The molecular formula is C11H11F3N2O2S. The van der Waals surface area contributed by atoms with E-state index in [1.54, 1.807) is 12.1 Å². The van der Waals surface area contributed by atoms with Crippen LogP contribution in [0, 0.1) is 0 Å². The third kappa shape index (κ3) is 6.70. The third-order valence-corrected chi connectivity index (χ3v) is 2.72. The van der Waals surface area contributed by atoms with Crippen molar-refractivity contribution in [1.82, 2.24) is 0 Å². The predicted octanol–water partition coefficient (Wildman–Crippen LogP) is 1.91. The zero-order valence-corrected chi connectivity index (χ0v) is 10.5. The number of amides is 2. The molecule has 0 bridgehead atoms. The first-order valence-corrected chi connectivity index (χ1v) is 6.12. The Morgan fingerprint density at radius 1 is 1.21 bits per heavy atom. The van der Waals surface area contributed by atoms with Crippen LogP contribution in [-0.4, -0.2) is 23.1 Å². The number of benzene rings is 1. The molecule has 0 aromatic heterocycles. The summed E-state index contributed by atoms with van der Waals surface area (Å²) in [5.41, 5.74) is 1.60. The van der Waals surface area contributed by atoms with Crippen molar-refractivity contribution in [2.24, 2.45) is 5.73 Å². The van der Waals surface area contributed by atoms with E-state index in [9.17, 15) is 22.8 Å². The molecule has 0 saturated heterocycles. The maximum atomic E-state index is 11.9. The van der Waals surface area contributed by atoms with Crippen molar-refractivity contribution < 1.29 is 22.8 Å². The molecule has 0 saturated carbocycles. The molecule has 1 aromatic rings. The van der Waals surface area contributed by atoms with Gasteiger partial charge in [0.05, 0.1) is 12.2 Å². The third-order valence-electron chi connectivity index (χ3n) is 1.98. The number of alkyl halides is 3. The van der Waals surface area contributed by atoms with Gasteiger partial charge in [0.2, 0.25) is 11.8 Å². The molecule has 1 aromatic carbocycles. The van der Waals surface area contributed by atoms with Crippen LogP contribution in [0.5, 0.6) is 0 Å². The number of primary amides is 1. The number of hydrogen-bond donors (Lipinski definition) is 2. The molecule has 0 spiro atoms. The van der Waals surface area contributed by atoms with Crippen LogP contribution in [0.1, 0.15) is 5.56 Å². The van der Waals surface area contributed by atoms with Crippen LogP contribution in [0.15, 0.2) is 24.3 Å². The van der Waals surface area contributed by atoms with Crippen LogP contribution >= 0.6 is 11.8 Å². The molecule has 1 rings (SSSR count). The second-order valence-electron chi connectivity index (χ2n) is 3.62. The first-order chi connectivity index (χ1) is 8.76. The van der Waals surface area contributed by atoms with E-state index in [0.717, 1.165) is 0 Å². The van der Waals surface area contributed by atoms with E-state index in [1.165, 1.54) is 12.1 Å². The summed E-state index contributed by atoms with van der Waals surface area (Å²) in [5.74, 6) is -1.93. The van der Waals surface area contributed by atoms with Gasteiger partial charge in [-0.25, -0.2) is 0 Å². The van der Waals surface area contributed by atoms with Crippen molar-refractivity contribution in [3.05, 3.63) is 29.8 Å². The van der Waals surface area contributed by atoms with Crippen LogP contribution in [0.25, 0.3) is 0 Å². The topological polar surface area (TPSA) is 72.2 Å². The van der Waals surface area contributed by atoms with E-state index in [1.807, 2.05) is 0 Å². The summed E-state index contributed by atoms with van der Waals surface area (Å²) in [6.07, 6.45) is 0.0676. The van der Waals surface area contributed by atoms with E-state index < -0.39 is 34.8 Å². The second-order valence-corrected chi connectivity index (χ2v) is 4.66. The van der Waals surface area contributed by atoms with E-state index in [-0.39, 0.29) is 6.42 Å². The smallest absolute Gasteiger partial charge is 0.369 e. The number of carbonyl (C=O) groups is 2. The van der Waals surface area contributed by atoms with Crippen LogP contribution < -0.4 is 11.1 Å². The van der Waals surface area contributed by atoms with Gasteiger partial charge >= 0.3 is 5.51 Å². The Hall–Kier alpha value is -1.70. The van der Waals surface area contributed by atoms with E-state index in [0.29, 0.717) is 11.3 Å². The summed E-state index contributed by atoms with van der Waals surface area (Å²) in [7, 11) is 0. The quantitative estimate of drug-likeness (QED) is 0.870. The first kappa shape index (κ1) is 15.4. The highest BCUT2D eigenvalue weighted by Crippen LogP contribution is 2.29. The lowest BCUT2D eigenvalue weighted by molar-refractivity contribution is -0.117. The number of nitrogens with two attached hydrogens (primary N) is 1. The average molecular weight is 292 g/mol. The summed E-state index contributed by atoms with van der Waals surface area (Å²) in [6, 6.07) is 6.12. The van der Waals surface area contributed by atoms with Gasteiger partial charge in [0.15, 0.2) is 0 Å². The largest absolute Gasteiger partial charge is 0.442 e. The van der Waals surface area contributed by atoms with Crippen molar-refractivity contribution in [1.29, 1.82) is 0 Å². The molecule has 0 atom stereocenters. The van der Waals surface area contributed by atoms with Crippen LogP contribution in [-0.2, 0) is 16.0 Å². The lowest BCUT2D eigenvalue weighted by Crippen LogP contribution is -2.17. The molecule has 19 heavy (non-hydrogen) atoms. The molecular weight excluding hydrogens is 281 g/mol. The Morgan fingerprint density at radius 2 is 1.79 bits per heavy atom. The van der Waals surface area contributed by atoms with Crippen LogP contribution in [0.3, 0.4) is 0 Å². The monoisotopic (exact) mass is 292 g/mol. The molecule has 2 amide bonds. The van der Waals surface area contributed by atoms with Crippen molar-refractivity contribution in [2.45, 2.75) is 11.9 Å². The standard InChI is InChI=1S/C11H11F3N2O2S/c12-11(13,14)19-6-10(18)16-8-3-1-7(2-4-8)5-9(15)17/h1-4H,5-6H2,(H2,15,17)(H,16,18). The normalized spacial score (nSPS) is 11.1. The molecule has 8 heteroatoms. The highest BCUT2D eigenvalue weighted by atomic mass is 32.2. The molecule has 0 heterocycles. The number of halogens is 3. The molecule has 0 radical (unpaired) electrons. The van der Waals surface area contributed by atoms with Gasteiger partial charge in [-0.15, -0.1) is 0 Å². The number of anilines is 1. The van der Waals surface area contributed by atoms with E-state index >= 15 is 0 Å². The lowest BCUT2D eigenvalue weighted by Gasteiger charge is -2.07. The summed E-state index contributed by atoms with van der Waals surface area (Å²) < 4.78 is 35.6. The zero-order valence-electron chi connectivity index (χ0n) is 9.66. The maximum Gasteiger partial charge on any atom is 0.442 e. The Morgan fingerprint density at radius 3 is 2.26 bits per heavy atom. The molecule has 0 aliphatic carbocycles. The zero-order chi connectivity index (χ0) is 14.5. The van der Waals surface area contributed by atoms with Gasteiger partial charge in [0.1, 0.15) is 0 Å². The van der Waals surface area contributed by atoms with Gasteiger partial charge in [0.25, 0.3) is 0 Å². The van der Waals surface area contributed by atoms with Crippen molar-refractivity contribution in [2.75, 3.05) is 11.1 Å². The number of carbonyl (C=O) groups excluding carboxylic acids is 2. The number of thioether (sulfide) groups is 1. The Balaban J connectivity index is 2.49. The minimum atomic E-state index is -4.43. The summed E-state index contributed by atoms with van der Waals surface area (Å²) in [5, 5.41) is 2.32. The average Bonchev–Trinajstić information content (AvgIpc) is 2.28. The summed E-state index contributed by atoms with van der Waals surface area (Å²) >= 11 is -0.401. The van der Waals surface area contributed by atoms with Gasteiger partial charge in [-0.05, 0) is 29.5 Å². The molecule has 3 N–H and O–H groups in total.